The minimum Gasteiger partial charge on any atom is -0.468 e. The molecule has 9 nitrogen and oxygen atoms in total. The molecule has 35 heavy (non-hydrogen) atoms. The average molecular weight is 477 g/mol. The van der Waals surface area contributed by atoms with Gasteiger partial charge in [0.1, 0.15) is 5.76 Å². The van der Waals surface area contributed by atoms with Crippen LogP contribution in [0, 0.1) is 6.92 Å². The molecule has 1 saturated heterocycles. The van der Waals surface area contributed by atoms with Crippen LogP contribution in [-0.2, 0) is 24.4 Å². The van der Waals surface area contributed by atoms with Crippen LogP contribution in [0.15, 0.2) is 51.9 Å². The molecule has 1 fully saturated rings. The molecule has 0 bridgehead atoms. The normalized spacial score (nSPS) is 16.9. The Hall–Kier alpha value is -3.30. The number of ether oxygens (including phenoxy) is 1. The molecule has 3 aromatic heterocycles. The fourth-order valence-electron chi connectivity index (χ4n) is 4.95. The first-order chi connectivity index (χ1) is 17.1. The van der Waals surface area contributed by atoms with Gasteiger partial charge in [-0.15, -0.1) is 5.10 Å². The molecule has 1 aliphatic heterocycles. The Balaban J connectivity index is 1.50. The molecule has 1 aromatic carbocycles. The van der Waals surface area contributed by atoms with Gasteiger partial charge in [0.25, 0.3) is 5.56 Å². The second kappa shape index (κ2) is 10.5. The summed E-state index contributed by atoms with van der Waals surface area (Å²) in [6.45, 7) is 6.56. The monoisotopic (exact) mass is 476 g/mol. The molecule has 2 atom stereocenters. The van der Waals surface area contributed by atoms with Gasteiger partial charge in [-0.05, 0) is 65.8 Å². The fourth-order valence-corrected chi connectivity index (χ4v) is 4.95. The second-order valence-electron chi connectivity index (χ2n) is 9.31. The van der Waals surface area contributed by atoms with E-state index in [2.05, 4.69) is 32.3 Å². The predicted molar refractivity (Wildman–Crippen MR) is 132 cm³/mol. The third kappa shape index (κ3) is 5.21. The molecule has 0 radical (unpaired) electrons. The van der Waals surface area contributed by atoms with Crippen molar-refractivity contribution in [2.24, 2.45) is 0 Å². The molecular weight excluding hydrogens is 444 g/mol. The summed E-state index contributed by atoms with van der Waals surface area (Å²) < 4.78 is 13.4. The number of para-hydroxylation sites is 1. The number of aromatic nitrogens is 5. The van der Waals surface area contributed by atoms with Gasteiger partial charge in [-0.1, -0.05) is 31.5 Å². The SMILES string of the molecule is CCC[C@H](c1nnnn1C[C@@H]1CCCO1)N(Cc1ccco1)Cc1cc2cccc(C)c2[nH]c1=O. The Morgan fingerprint density at radius 3 is 2.94 bits per heavy atom. The van der Waals surface area contributed by atoms with Crippen LogP contribution >= 0.6 is 0 Å². The third-order valence-corrected chi connectivity index (χ3v) is 6.74. The van der Waals surface area contributed by atoms with Crippen molar-refractivity contribution in [1.29, 1.82) is 0 Å². The summed E-state index contributed by atoms with van der Waals surface area (Å²) in [6, 6.07) is 11.8. The number of fused-ring (bicyclic) bond motifs is 1. The molecule has 0 unspecified atom stereocenters. The van der Waals surface area contributed by atoms with Crippen molar-refractivity contribution in [3.8, 4) is 0 Å². The molecule has 1 N–H and O–H groups in total. The van der Waals surface area contributed by atoms with Crippen molar-refractivity contribution >= 4 is 10.9 Å². The highest BCUT2D eigenvalue weighted by Gasteiger charge is 2.29. The molecular formula is C26H32N6O3. The van der Waals surface area contributed by atoms with Crippen LogP contribution in [-0.4, -0.2) is 42.8 Å². The molecule has 5 rings (SSSR count). The molecule has 0 spiro atoms. The predicted octanol–water partition coefficient (Wildman–Crippen LogP) is 4.14. The average Bonchev–Trinajstić information content (AvgIpc) is 3.63. The van der Waals surface area contributed by atoms with Crippen molar-refractivity contribution in [2.45, 2.75) is 71.3 Å². The largest absolute Gasteiger partial charge is 0.468 e. The van der Waals surface area contributed by atoms with E-state index in [0.29, 0.717) is 25.2 Å². The lowest BCUT2D eigenvalue weighted by Crippen LogP contribution is -2.33. The number of H-pyrrole nitrogens is 1. The first-order valence-corrected chi connectivity index (χ1v) is 12.4. The van der Waals surface area contributed by atoms with Crippen molar-refractivity contribution in [3.05, 3.63) is 75.7 Å². The zero-order valence-corrected chi connectivity index (χ0v) is 20.3. The zero-order chi connectivity index (χ0) is 24.2. The van der Waals surface area contributed by atoms with E-state index in [4.69, 9.17) is 9.15 Å². The molecule has 0 aliphatic carbocycles. The van der Waals surface area contributed by atoms with E-state index < -0.39 is 0 Å². The summed E-state index contributed by atoms with van der Waals surface area (Å²) in [5.74, 6) is 1.62. The van der Waals surface area contributed by atoms with Gasteiger partial charge in [0.05, 0.1) is 37.0 Å². The van der Waals surface area contributed by atoms with Crippen LogP contribution < -0.4 is 5.56 Å². The van der Waals surface area contributed by atoms with Crippen LogP contribution in [0.2, 0.25) is 0 Å². The maximum Gasteiger partial charge on any atom is 0.252 e. The van der Waals surface area contributed by atoms with Crippen LogP contribution in [0.4, 0.5) is 0 Å². The van der Waals surface area contributed by atoms with Gasteiger partial charge >= 0.3 is 0 Å². The molecule has 9 heteroatoms. The van der Waals surface area contributed by atoms with Crippen molar-refractivity contribution in [1.82, 2.24) is 30.1 Å². The van der Waals surface area contributed by atoms with Crippen LogP contribution in [0.3, 0.4) is 0 Å². The quantitative estimate of drug-likeness (QED) is 0.367. The number of aryl methyl sites for hydroxylation is 1. The molecule has 1 aliphatic rings. The molecule has 184 valence electrons. The number of hydrogen-bond donors (Lipinski definition) is 1. The Bertz CT molecular complexity index is 1310. The fraction of sp³-hybridized carbons (Fsp3) is 0.462. The van der Waals surface area contributed by atoms with E-state index in [-0.39, 0.29) is 17.7 Å². The highest BCUT2D eigenvalue weighted by molar-refractivity contribution is 5.81. The summed E-state index contributed by atoms with van der Waals surface area (Å²) in [6.07, 6.45) is 5.67. The highest BCUT2D eigenvalue weighted by atomic mass is 16.5. The number of tetrazole rings is 1. The lowest BCUT2D eigenvalue weighted by atomic mass is 10.1. The van der Waals surface area contributed by atoms with Gasteiger partial charge < -0.3 is 14.1 Å². The molecule has 0 saturated carbocycles. The first kappa shape index (κ1) is 23.4. The number of pyridine rings is 1. The van der Waals surface area contributed by atoms with E-state index in [0.717, 1.165) is 60.3 Å². The second-order valence-corrected chi connectivity index (χ2v) is 9.31. The summed E-state index contributed by atoms with van der Waals surface area (Å²) in [5, 5.41) is 13.8. The van der Waals surface area contributed by atoms with Crippen molar-refractivity contribution < 1.29 is 9.15 Å². The Morgan fingerprint density at radius 1 is 1.26 bits per heavy atom. The van der Waals surface area contributed by atoms with E-state index in [1.54, 1.807) is 6.26 Å². The highest BCUT2D eigenvalue weighted by Crippen LogP contribution is 2.29. The maximum atomic E-state index is 13.1. The third-order valence-electron chi connectivity index (χ3n) is 6.74. The zero-order valence-electron chi connectivity index (χ0n) is 20.3. The standard InChI is InChI=1S/C26H32N6O3/c1-3-7-23(25-28-29-30-32(25)17-22-11-6-13-35-22)31(16-21-10-5-12-34-21)15-20-14-19-9-4-8-18(2)24(19)27-26(20)33/h4-5,8-10,12,14,22-23H,3,6-7,11,13,15-17H2,1-2H3,(H,27,33)/t22-,23+/m0/s1. The van der Waals surface area contributed by atoms with Gasteiger partial charge in [-0.2, -0.15) is 0 Å². The van der Waals surface area contributed by atoms with Gasteiger partial charge in [0, 0.05) is 18.7 Å². The van der Waals surface area contributed by atoms with Crippen molar-refractivity contribution in [3.63, 3.8) is 0 Å². The molecule has 0 amide bonds. The topological polar surface area (TPSA) is 102 Å². The summed E-state index contributed by atoms with van der Waals surface area (Å²) >= 11 is 0. The lowest BCUT2D eigenvalue weighted by Gasteiger charge is -2.30. The number of nitrogens with one attached hydrogen (secondary N) is 1. The number of aromatic amines is 1. The van der Waals surface area contributed by atoms with Crippen LogP contribution in [0.25, 0.3) is 10.9 Å². The van der Waals surface area contributed by atoms with E-state index in [1.165, 1.54) is 0 Å². The molecule has 4 aromatic rings. The number of hydrogen-bond acceptors (Lipinski definition) is 7. The lowest BCUT2D eigenvalue weighted by molar-refractivity contribution is 0.0878. The van der Waals surface area contributed by atoms with E-state index in [9.17, 15) is 4.79 Å². The molecule has 4 heterocycles. The minimum atomic E-state index is -0.0888. The Kier molecular flexibility index (Phi) is 7.06. The number of furan rings is 1. The number of nitrogens with zero attached hydrogens (tertiary/aromatic N) is 5. The smallest absolute Gasteiger partial charge is 0.252 e. The van der Waals surface area contributed by atoms with Crippen LogP contribution in [0.5, 0.6) is 0 Å². The van der Waals surface area contributed by atoms with E-state index >= 15 is 0 Å². The Labute approximate surface area is 204 Å². The van der Waals surface area contributed by atoms with Crippen molar-refractivity contribution in [2.75, 3.05) is 6.61 Å². The maximum absolute atomic E-state index is 13.1. The Morgan fingerprint density at radius 2 is 2.17 bits per heavy atom. The number of benzene rings is 1. The van der Waals surface area contributed by atoms with Gasteiger partial charge in [-0.3, -0.25) is 9.69 Å². The summed E-state index contributed by atoms with van der Waals surface area (Å²) in [5.41, 5.74) is 2.56. The minimum absolute atomic E-state index is 0.0783. The van der Waals surface area contributed by atoms with Gasteiger partial charge in [-0.25, -0.2) is 4.68 Å². The summed E-state index contributed by atoms with van der Waals surface area (Å²) in [4.78, 5) is 18.5. The number of rotatable bonds is 10. The summed E-state index contributed by atoms with van der Waals surface area (Å²) in [7, 11) is 0. The van der Waals surface area contributed by atoms with Gasteiger partial charge in [0.2, 0.25) is 0 Å². The van der Waals surface area contributed by atoms with Crippen LogP contribution in [0.1, 0.15) is 61.4 Å². The van der Waals surface area contributed by atoms with Gasteiger partial charge in [0.15, 0.2) is 5.82 Å². The first-order valence-electron chi connectivity index (χ1n) is 12.4. The van der Waals surface area contributed by atoms with E-state index in [1.807, 2.05) is 48.0 Å².